The summed E-state index contributed by atoms with van der Waals surface area (Å²) in [5.41, 5.74) is 3.21. The topological polar surface area (TPSA) is 87.5 Å². The highest BCUT2D eigenvalue weighted by atomic mass is 19.1. The van der Waals surface area contributed by atoms with Crippen LogP contribution in [0.15, 0.2) is 48.8 Å². The highest BCUT2D eigenvalue weighted by Gasteiger charge is 2.34. The maximum absolute atomic E-state index is 14.0. The molecule has 32 heavy (non-hydrogen) atoms. The number of amides is 2. The molecule has 7 nitrogen and oxygen atoms in total. The summed E-state index contributed by atoms with van der Waals surface area (Å²) >= 11 is 0. The van der Waals surface area contributed by atoms with E-state index in [1.165, 1.54) is 13.8 Å². The molecular weight excluding hydrogens is 411 g/mol. The molecule has 0 radical (unpaired) electrons. The van der Waals surface area contributed by atoms with Crippen LogP contribution in [0.2, 0.25) is 0 Å². The number of likely N-dealkylation sites (tertiary alicyclic amines) is 1. The number of pyridine rings is 1. The fraction of sp³-hybridized carbons (Fsp3) is 0.375. The van der Waals surface area contributed by atoms with Gasteiger partial charge in [0, 0.05) is 43.0 Å². The van der Waals surface area contributed by atoms with Crippen molar-refractivity contribution in [3.63, 3.8) is 0 Å². The fourth-order valence-corrected chi connectivity index (χ4v) is 4.26. The molecule has 3 aromatic rings. The van der Waals surface area contributed by atoms with Crippen molar-refractivity contribution in [2.75, 3.05) is 13.1 Å². The summed E-state index contributed by atoms with van der Waals surface area (Å²) in [5, 5.41) is 9.77. The monoisotopic (exact) mass is 438 g/mol. The van der Waals surface area contributed by atoms with Crippen LogP contribution in [0.4, 0.5) is 4.39 Å². The van der Waals surface area contributed by atoms with Crippen LogP contribution in [0, 0.1) is 0 Å². The summed E-state index contributed by atoms with van der Waals surface area (Å²) in [7, 11) is 0. The third-order valence-electron chi connectivity index (χ3n) is 6.06. The normalized spacial score (nSPS) is 15.2. The smallest absolute Gasteiger partial charge is 0.274 e. The van der Waals surface area contributed by atoms with Gasteiger partial charge in [0.25, 0.3) is 11.8 Å². The zero-order valence-electron chi connectivity index (χ0n) is 18.2. The lowest BCUT2D eigenvalue weighted by molar-refractivity contribution is -0.142. The van der Waals surface area contributed by atoms with Gasteiger partial charge in [-0.25, -0.2) is 14.9 Å². The summed E-state index contributed by atoms with van der Waals surface area (Å²) < 4.78 is 16.0. The summed E-state index contributed by atoms with van der Waals surface area (Å²) in [5.74, 6) is -0.681. The molecule has 0 aliphatic carbocycles. The van der Waals surface area contributed by atoms with Gasteiger partial charge in [0.05, 0.1) is 0 Å². The number of hydrogen-bond donors (Lipinski definition) is 2. The minimum atomic E-state index is -1.83. The minimum Gasteiger partial charge on any atom is -0.340 e. The summed E-state index contributed by atoms with van der Waals surface area (Å²) in [4.78, 5) is 29.9. The molecule has 1 aliphatic rings. The lowest BCUT2D eigenvalue weighted by Gasteiger charge is -2.34. The van der Waals surface area contributed by atoms with E-state index in [0.717, 1.165) is 35.0 Å². The number of piperidine rings is 1. The van der Waals surface area contributed by atoms with Gasteiger partial charge in [-0.3, -0.25) is 14.8 Å². The zero-order chi connectivity index (χ0) is 22.9. The van der Waals surface area contributed by atoms with Gasteiger partial charge in [0.1, 0.15) is 5.65 Å². The Bertz CT molecular complexity index is 1130. The molecule has 3 heterocycles. The minimum absolute atomic E-state index is 0.298. The molecule has 1 aliphatic heterocycles. The second-order valence-electron chi connectivity index (χ2n) is 8.80. The lowest BCUT2D eigenvalue weighted by Crippen LogP contribution is -2.46. The number of carbonyl (C=O) groups excluding carboxylic acids is 2. The van der Waals surface area contributed by atoms with Gasteiger partial charge in [-0.15, -0.1) is 0 Å². The van der Waals surface area contributed by atoms with Gasteiger partial charge in [0.2, 0.25) is 0 Å². The number of nitrogens with zero attached hydrogens (tertiary/aromatic N) is 3. The van der Waals surface area contributed by atoms with Crippen LogP contribution in [0.1, 0.15) is 54.1 Å². The molecular formula is C24H27FN4O3. The SMILES string of the molecule is CC(C)(F)C(=O)N1CCC(c2cnc3c(ccn3Cc3ccc(C(=O)NO)cc3)c2)CC1. The number of fused-ring (bicyclic) bond motifs is 1. The van der Waals surface area contributed by atoms with Crippen molar-refractivity contribution in [1.29, 1.82) is 0 Å². The van der Waals surface area contributed by atoms with E-state index >= 15 is 0 Å². The van der Waals surface area contributed by atoms with E-state index < -0.39 is 17.5 Å². The molecule has 0 saturated carbocycles. The van der Waals surface area contributed by atoms with E-state index in [-0.39, 0.29) is 0 Å². The van der Waals surface area contributed by atoms with Crippen molar-refractivity contribution in [2.24, 2.45) is 0 Å². The Morgan fingerprint density at radius 2 is 1.88 bits per heavy atom. The van der Waals surface area contributed by atoms with Gasteiger partial charge >= 0.3 is 0 Å². The second-order valence-corrected chi connectivity index (χ2v) is 8.80. The third-order valence-corrected chi connectivity index (χ3v) is 6.06. The number of nitrogens with one attached hydrogen (secondary N) is 1. The van der Waals surface area contributed by atoms with E-state index in [2.05, 4.69) is 6.07 Å². The van der Waals surface area contributed by atoms with Crippen LogP contribution >= 0.6 is 0 Å². The van der Waals surface area contributed by atoms with Crippen molar-refractivity contribution in [2.45, 2.75) is 44.8 Å². The van der Waals surface area contributed by atoms with Gasteiger partial charge < -0.3 is 9.47 Å². The van der Waals surface area contributed by atoms with Crippen LogP contribution in [-0.4, -0.2) is 50.2 Å². The van der Waals surface area contributed by atoms with E-state index in [0.29, 0.717) is 31.1 Å². The van der Waals surface area contributed by atoms with Crippen LogP contribution in [0.25, 0.3) is 11.0 Å². The molecule has 2 aromatic heterocycles. The van der Waals surface area contributed by atoms with Crippen molar-refractivity contribution in [1.82, 2.24) is 19.9 Å². The first kappa shape index (κ1) is 22.0. The molecule has 0 unspecified atom stereocenters. The van der Waals surface area contributed by atoms with Crippen LogP contribution < -0.4 is 5.48 Å². The molecule has 2 amide bonds. The Balaban J connectivity index is 1.44. The first-order valence-electron chi connectivity index (χ1n) is 10.7. The van der Waals surface area contributed by atoms with Crippen molar-refractivity contribution < 1.29 is 19.2 Å². The molecule has 0 spiro atoms. The Morgan fingerprint density at radius 1 is 1.19 bits per heavy atom. The van der Waals surface area contributed by atoms with E-state index in [1.807, 2.05) is 35.2 Å². The molecule has 4 rings (SSSR count). The van der Waals surface area contributed by atoms with Crippen molar-refractivity contribution >= 4 is 22.8 Å². The molecule has 0 atom stereocenters. The number of carbonyl (C=O) groups is 2. The summed E-state index contributed by atoms with van der Waals surface area (Å²) in [6, 6.07) is 11.2. The zero-order valence-corrected chi connectivity index (χ0v) is 18.2. The Labute approximate surface area is 185 Å². The molecule has 8 heteroatoms. The van der Waals surface area contributed by atoms with E-state index in [9.17, 15) is 14.0 Å². The van der Waals surface area contributed by atoms with E-state index in [4.69, 9.17) is 10.2 Å². The third kappa shape index (κ3) is 4.50. The lowest BCUT2D eigenvalue weighted by atomic mass is 9.89. The summed E-state index contributed by atoms with van der Waals surface area (Å²) in [6.07, 6.45) is 5.47. The van der Waals surface area contributed by atoms with Crippen LogP contribution in [-0.2, 0) is 11.3 Å². The molecule has 0 bridgehead atoms. The average molecular weight is 439 g/mol. The molecule has 1 aromatic carbocycles. The number of hydroxylamine groups is 1. The fourth-order valence-electron chi connectivity index (χ4n) is 4.26. The van der Waals surface area contributed by atoms with E-state index in [1.54, 1.807) is 22.5 Å². The first-order chi connectivity index (χ1) is 15.3. The number of benzene rings is 1. The number of rotatable bonds is 5. The van der Waals surface area contributed by atoms with Gasteiger partial charge in [-0.05, 0) is 68.0 Å². The standard InChI is InChI=1S/C24H27FN4O3/c1-24(2,25)23(31)28-10-7-17(8-11-28)20-13-19-9-12-29(21(19)26-14-20)15-16-3-5-18(6-4-16)22(30)27-32/h3-6,9,12-14,17,32H,7-8,10-11,15H2,1-2H3,(H,27,30). The maximum Gasteiger partial charge on any atom is 0.274 e. The van der Waals surface area contributed by atoms with Gasteiger partial charge in [0.15, 0.2) is 5.67 Å². The highest BCUT2D eigenvalue weighted by molar-refractivity contribution is 5.93. The molecule has 1 saturated heterocycles. The number of alkyl halides is 1. The molecule has 168 valence electrons. The van der Waals surface area contributed by atoms with Gasteiger partial charge in [-0.1, -0.05) is 12.1 Å². The number of aromatic nitrogens is 2. The molecule has 1 fully saturated rings. The number of halogens is 1. The quantitative estimate of drug-likeness (QED) is 0.470. The van der Waals surface area contributed by atoms with Crippen molar-refractivity contribution in [3.05, 3.63) is 65.5 Å². The predicted octanol–water partition coefficient (Wildman–Crippen LogP) is 3.66. The van der Waals surface area contributed by atoms with Crippen LogP contribution in [0.5, 0.6) is 0 Å². The Hall–Kier alpha value is -3.26. The largest absolute Gasteiger partial charge is 0.340 e. The summed E-state index contributed by atoms with van der Waals surface area (Å²) in [6.45, 7) is 4.34. The molecule has 2 N–H and O–H groups in total. The Kier molecular flexibility index (Phi) is 5.97. The van der Waals surface area contributed by atoms with Crippen LogP contribution in [0.3, 0.4) is 0 Å². The predicted molar refractivity (Wildman–Crippen MR) is 118 cm³/mol. The highest BCUT2D eigenvalue weighted by Crippen LogP contribution is 2.31. The first-order valence-corrected chi connectivity index (χ1v) is 10.7. The average Bonchev–Trinajstić information content (AvgIpc) is 3.20. The number of hydrogen-bond acceptors (Lipinski definition) is 4. The maximum atomic E-state index is 14.0. The Morgan fingerprint density at radius 3 is 2.50 bits per heavy atom. The van der Waals surface area contributed by atoms with Crippen molar-refractivity contribution in [3.8, 4) is 0 Å². The second kappa shape index (κ2) is 8.70. The van der Waals surface area contributed by atoms with Gasteiger partial charge in [-0.2, -0.15) is 0 Å².